The summed E-state index contributed by atoms with van der Waals surface area (Å²) in [4.78, 5) is 4.08. The van der Waals surface area contributed by atoms with E-state index in [2.05, 4.69) is 37.9 Å². The van der Waals surface area contributed by atoms with E-state index < -0.39 is 0 Å². The van der Waals surface area contributed by atoms with Crippen LogP contribution in [0.4, 0.5) is 5.69 Å². The van der Waals surface area contributed by atoms with Crippen molar-refractivity contribution in [1.82, 2.24) is 4.90 Å². The van der Waals surface area contributed by atoms with Crippen LogP contribution < -0.4 is 15.0 Å². The topological polar surface area (TPSA) is 28.9 Å². The lowest BCUT2D eigenvalue weighted by molar-refractivity contribution is -0.926. The number of anilines is 1. The van der Waals surface area contributed by atoms with E-state index >= 15 is 0 Å². The molecule has 1 heterocycles. The van der Waals surface area contributed by atoms with Crippen LogP contribution in [0.15, 0.2) is 24.3 Å². The van der Waals surface area contributed by atoms with Crippen LogP contribution in [0.5, 0.6) is 5.75 Å². The predicted molar refractivity (Wildman–Crippen MR) is 105 cm³/mol. The van der Waals surface area contributed by atoms with Gasteiger partial charge in [0.15, 0.2) is 5.11 Å². The van der Waals surface area contributed by atoms with E-state index in [0.29, 0.717) is 18.1 Å². The van der Waals surface area contributed by atoms with Crippen LogP contribution in [0.3, 0.4) is 0 Å². The minimum atomic E-state index is 0.380. The average Bonchev–Trinajstić information content (AvgIpc) is 2.55. The van der Waals surface area contributed by atoms with Gasteiger partial charge in [0.2, 0.25) is 0 Å². The van der Waals surface area contributed by atoms with E-state index in [1.807, 2.05) is 24.3 Å². The summed E-state index contributed by atoms with van der Waals surface area (Å²) in [5.41, 5.74) is 0.931. The number of benzene rings is 1. The molecule has 1 aromatic rings. The van der Waals surface area contributed by atoms with Gasteiger partial charge in [0.25, 0.3) is 0 Å². The first-order valence-electron chi connectivity index (χ1n) is 9.01. The molecule has 0 spiro atoms. The van der Waals surface area contributed by atoms with Crippen LogP contribution in [-0.4, -0.2) is 48.3 Å². The molecule has 2 rings (SSSR count). The van der Waals surface area contributed by atoms with Crippen molar-refractivity contribution in [3.8, 4) is 5.75 Å². The van der Waals surface area contributed by atoms with Crippen molar-refractivity contribution >= 4 is 23.0 Å². The fraction of sp³-hybridized carbons (Fsp3) is 0.632. The second-order valence-electron chi connectivity index (χ2n) is 7.18. The summed E-state index contributed by atoms with van der Waals surface area (Å²) in [6, 6.07) is 9.53. The summed E-state index contributed by atoms with van der Waals surface area (Å²) in [6.07, 6.45) is 2.39. The molecule has 2 N–H and O–H groups in total. The molecule has 1 saturated heterocycles. The molecule has 134 valence electrons. The summed E-state index contributed by atoms with van der Waals surface area (Å²) in [7, 11) is 1.69. The number of nitrogens with one attached hydrogen (secondary N) is 2. The lowest BCUT2D eigenvalue weighted by atomic mass is 10.0. The second-order valence-corrected chi connectivity index (χ2v) is 7.56. The van der Waals surface area contributed by atoms with E-state index in [4.69, 9.17) is 17.0 Å². The van der Waals surface area contributed by atoms with Gasteiger partial charge < -0.3 is 19.9 Å². The third-order valence-corrected chi connectivity index (χ3v) is 5.26. The third kappa shape index (κ3) is 4.61. The molecule has 0 unspecified atom stereocenters. The Balaban J connectivity index is 2.06. The van der Waals surface area contributed by atoms with Crippen molar-refractivity contribution in [1.29, 1.82) is 0 Å². The summed E-state index contributed by atoms with van der Waals surface area (Å²) in [5, 5.41) is 4.20. The Kier molecular flexibility index (Phi) is 6.87. The summed E-state index contributed by atoms with van der Waals surface area (Å²) < 4.78 is 5.43. The number of para-hydroxylation sites is 2. The maximum atomic E-state index is 5.76. The first-order chi connectivity index (χ1) is 11.4. The maximum absolute atomic E-state index is 5.76. The Hall–Kier alpha value is -1.33. The van der Waals surface area contributed by atoms with Gasteiger partial charge in [0.1, 0.15) is 5.75 Å². The highest BCUT2D eigenvalue weighted by Crippen LogP contribution is 2.25. The lowest BCUT2D eigenvalue weighted by Gasteiger charge is -2.41. The fourth-order valence-electron chi connectivity index (χ4n) is 3.58. The summed E-state index contributed by atoms with van der Waals surface area (Å²) in [6.45, 7) is 11.5. The minimum Gasteiger partial charge on any atom is -0.495 e. The van der Waals surface area contributed by atoms with Gasteiger partial charge in [-0.15, -0.1) is 0 Å². The highest BCUT2D eigenvalue weighted by atomic mass is 32.1. The van der Waals surface area contributed by atoms with Crippen molar-refractivity contribution in [2.24, 2.45) is 0 Å². The average molecular weight is 351 g/mol. The standard InChI is InChI=1S/C19H31N3OS/c1-14(2)21-12-10-16(11-13-21)22(15(3)4)19(24)20-17-8-6-7-9-18(17)23-5/h6-9,14-16H,10-13H2,1-5H3,(H,20,24)/p+1. The first-order valence-corrected chi connectivity index (χ1v) is 9.41. The molecule has 1 fully saturated rings. The van der Waals surface area contributed by atoms with Gasteiger partial charge in [-0.05, 0) is 52.0 Å². The molecular weight excluding hydrogens is 318 g/mol. The highest BCUT2D eigenvalue weighted by molar-refractivity contribution is 7.80. The number of methoxy groups -OCH3 is 1. The normalized spacial score (nSPS) is 21.0. The Morgan fingerprint density at radius 2 is 1.83 bits per heavy atom. The Bertz CT molecular complexity index is 539. The number of hydrogen-bond acceptors (Lipinski definition) is 2. The van der Waals surface area contributed by atoms with Gasteiger partial charge in [-0.2, -0.15) is 0 Å². The molecule has 5 heteroatoms. The molecule has 1 aliphatic rings. The SMILES string of the molecule is COc1ccccc1NC(=S)N(C(C)C)C1CC[NH+](C(C)C)CC1. The molecule has 0 amide bonds. The molecule has 0 aliphatic carbocycles. The van der Waals surface area contributed by atoms with Crippen LogP contribution >= 0.6 is 12.2 Å². The predicted octanol–water partition coefficient (Wildman–Crippen LogP) is 2.56. The van der Waals surface area contributed by atoms with Crippen LogP contribution in [0.1, 0.15) is 40.5 Å². The number of nitrogens with zero attached hydrogens (tertiary/aromatic N) is 1. The Morgan fingerprint density at radius 1 is 1.21 bits per heavy atom. The van der Waals surface area contributed by atoms with Crippen molar-refractivity contribution < 1.29 is 9.64 Å². The number of quaternary nitrogens is 1. The zero-order chi connectivity index (χ0) is 17.7. The molecule has 0 radical (unpaired) electrons. The highest BCUT2D eigenvalue weighted by Gasteiger charge is 2.31. The Morgan fingerprint density at radius 3 is 2.38 bits per heavy atom. The lowest BCUT2D eigenvalue weighted by Crippen LogP contribution is -3.16. The van der Waals surface area contributed by atoms with E-state index in [1.165, 1.54) is 25.9 Å². The van der Waals surface area contributed by atoms with Crippen molar-refractivity contribution in [2.75, 3.05) is 25.5 Å². The van der Waals surface area contributed by atoms with E-state index in [1.54, 1.807) is 12.0 Å². The van der Waals surface area contributed by atoms with Gasteiger partial charge >= 0.3 is 0 Å². The molecule has 0 aromatic heterocycles. The van der Waals surface area contributed by atoms with Crippen molar-refractivity contribution in [3.63, 3.8) is 0 Å². The summed E-state index contributed by atoms with van der Waals surface area (Å²) >= 11 is 5.76. The van der Waals surface area contributed by atoms with E-state index in [0.717, 1.165) is 16.5 Å². The first kappa shape index (κ1) is 19.0. The molecule has 0 saturated carbocycles. The Labute approximate surface area is 152 Å². The quantitative estimate of drug-likeness (QED) is 0.799. The third-order valence-electron chi connectivity index (χ3n) is 4.95. The molecule has 24 heavy (non-hydrogen) atoms. The molecule has 1 aromatic carbocycles. The van der Waals surface area contributed by atoms with Gasteiger partial charge in [-0.1, -0.05) is 12.1 Å². The van der Waals surface area contributed by atoms with Crippen molar-refractivity contribution in [3.05, 3.63) is 24.3 Å². The largest absolute Gasteiger partial charge is 0.495 e. The summed E-state index contributed by atoms with van der Waals surface area (Å²) in [5.74, 6) is 0.822. The molecular formula is C19H32N3OS+. The molecule has 0 atom stereocenters. The number of piperidine rings is 1. The minimum absolute atomic E-state index is 0.380. The smallest absolute Gasteiger partial charge is 0.174 e. The van der Waals surface area contributed by atoms with Crippen LogP contribution in [-0.2, 0) is 0 Å². The van der Waals surface area contributed by atoms with Gasteiger partial charge in [-0.25, -0.2) is 0 Å². The van der Waals surface area contributed by atoms with E-state index in [-0.39, 0.29) is 0 Å². The van der Waals surface area contributed by atoms with Gasteiger partial charge in [0, 0.05) is 24.9 Å². The fourth-order valence-corrected chi connectivity index (χ4v) is 4.05. The van der Waals surface area contributed by atoms with Crippen molar-refractivity contribution in [2.45, 2.75) is 58.7 Å². The number of ether oxygens (including phenoxy) is 1. The van der Waals surface area contributed by atoms with Gasteiger partial charge in [0.05, 0.1) is 31.9 Å². The number of rotatable bonds is 5. The molecule has 1 aliphatic heterocycles. The van der Waals surface area contributed by atoms with Crippen LogP contribution in [0, 0.1) is 0 Å². The number of thiocarbonyl (C=S) groups is 1. The molecule has 0 bridgehead atoms. The van der Waals surface area contributed by atoms with Crippen LogP contribution in [0.25, 0.3) is 0 Å². The number of likely N-dealkylation sites (tertiary alicyclic amines) is 1. The molecule has 4 nitrogen and oxygen atoms in total. The van der Waals surface area contributed by atoms with Gasteiger partial charge in [-0.3, -0.25) is 0 Å². The van der Waals surface area contributed by atoms with Crippen LogP contribution in [0.2, 0.25) is 0 Å². The second kappa shape index (κ2) is 8.67. The monoisotopic (exact) mass is 350 g/mol. The zero-order valence-electron chi connectivity index (χ0n) is 15.6. The maximum Gasteiger partial charge on any atom is 0.174 e. The zero-order valence-corrected chi connectivity index (χ0v) is 16.5. The number of hydrogen-bond donors (Lipinski definition) is 2. The van der Waals surface area contributed by atoms with E-state index in [9.17, 15) is 0 Å².